The molecular weight excluding hydrogens is 274 g/mol. The standard InChI is InChI=1S/C15H21NO3S/c1-11(2)10-12-4-6-13(7-5-12)15(8-9-15)14(17)16-20(3,18)19/h4-7,11H,8-10H2,1-3H3,(H,16,17). The number of sulfonamides is 1. The van der Waals surface area contributed by atoms with Crippen molar-refractivity contribution in [2.75, 3.05) is 6.26 Å². The lowest BCUT2D eigenvalue weighted by molar-refractivity contribution is -0.121. The van der Waals surface area contributed by atoms with Crippen molar-refractivity contribution in [2.45, 2.75) is 38.5 Å². The predicted molar refractivity (Wildman–Crippen MR) is 78.9 cm³/mol. The SMILES string of the molecule is CC(C)Cc1ccc(C2(C(=O)NS(C)(=O)=O)CC2)cc1. The number of amides is 1. The van der Waals surface area contributed by atoms with E-state index in [0.717, 1.165) is 18.2 Å². The van der Waals surface area contributed by atoms with Gasteiger partial charge in [-0.2, -0.15) is 0 Å². The third kappa shape index (κ3) is 3.39. The highest BCUT2D eigenvalue weighted by atomic mass is 32.2. The Kier molecular flexibility index (Phi) is 3.91. The Morgan fingerprint density at radius 2 is 1.80 bits per heavy atom. The van der Waals surface area contributed by atoms with Crippen molar-refractivity contribution in [3.05, 3.63) is 35.4 Å². The van der Waals surface area contributed by atoms with Crippen molar-refractivity contribution < 1.29 is 13.2 Å². The minimum atomic E-state index is -3.50. The van der Waals surface area contributed by atoms with E-state index in [-0.39, 0.29) is 0 Å². The van der Waals surface area contributed by atoms with E-state index in [0.29, 0.717) is 18.8 Å². The van der Waals surface area contributed by atoms with Crippen LogP contribution in [0.15, 0.2) is 24.3 Å². The molecule has 0 unspecified atom stereocenters. The molecule has 0 radical (unpaired) electrons. The Bertz CT molecular complexity index is 599. The monoisotopic (exact) mass is 295 g/mol. The number of hydrogen-bond donors (Lipinski definition) is 1. The second-order valence-corrected chi connectivity index (χ2v) is 7.83. The number of carbonyl (C=O) groups is 1. The first kappa shape index (κ1) is 15.0. The van der Waals surface area contributed by atoms with Crippen molar-refractivity contribution in [2.24, 2.45) is 5.92 Å². The average molecular weight is 295 g/mol. The maximum absolute atomic E-state index is 12.1. The van der Waals surface area contributed by atoms with Gasteiger partial charge in [-0.1, -0.05) is 38.1 Å². The molecule has 0 atom stereocenters. The molecule has 1 aliphatic carbocycles. The second-order valence-electron chi connectivity index (χ2n) is 6.08. The largest absolute Gasteiger partial charge is 0.273 e. The maximum atomic E-state index is 12.1. The Morgan fingerprint density at radius 3 is 2.20 bits per heavy atom. The summed E-state index contributed by atoms with van der Waals surface area (Å²) in [6, 6.07) is 7.96. The molecule has 0 aromatic heterocycles. The topological polar surface area (TPSA) is 63.2 Å². The molecular formula is C15H21NO3S. The summed E-state index contributed by atoms with van der Waals surface area (Å²) >= 11 is 0. The van der Waals surface area contributed by atoms with Crippen LogP contribution in [-0.2, 0) is 26.7 Å². The highest BCUT2D eigenvalue weighted by Crippen LogP contribution is 2.48. The van der Waals surface area contributed by atoms with Crippen LogP contribution in [-0.4, -0.2) is 20.6 Å². The summed E-state index contributed by atoms with van der Waals surface area (Å²) in [6.45, 7) is 4.33. The van der Waals surface area contributed by atoms with E-state index >= 15 is 0 Å². The fraction of sp³-hybridized carbons (Fsp3) is 0.533. The van der Waals surface area contributed by atoms with Crippen LogP contribution < -0.4 is 4.72 Å². The van der Waals surface area contributed by atoms with Crippen LogP contribution in [0.4, 0.5) is 0 Å². The van der Waals surface area contributed by atoms with Crippen molar-refractivity contribution in [3.8, 4) is 0 Å². The van der Waals surface area contributed by atoms with Crippen LogP contribution in [0, 0.1) is 5.92 Å². The van der Waals surface area contributed by atoms with E-state index in [1.807, 2.05) is 24.3 Å². The molecule has 0 saturated heterocycles. The molecule has 0 heterocycles. The quantitative estimate of drug-likeness (QED) is 0.903. The lowest BCUT2D eigenvalue weighted by atomic mass is 9.93. The summed E-state index contributed by atoms with van der Waals surface area (Å²) in [6.07, 6.45) is 3.42. The van der Waals surface area contributed by atoms with Gasteiger partial charge in [0.2, 0.25) is 15.9 Å². The number of rotatable bonds is 5. The van der Waals surface area contributed by atoms with E-state index in [1.54, 1.807) is 0 Å². The van der Waals surface area contributed by atoms with Gasteiger partial charge in [0.05, 0.1) is 11.7 Å². The summed E-state index contributed by atoms with van der Waals surface area (Å²) < 4.78 is 24.5. The third-order valence-electron chi connectivity index (χ3n) is 3.61. The highest BCUT2D eigenvalue weighted by molar-refractivity contribution is 7.89. The van der Waals surface area contributed by atoms with Crippen LogP contribution in [0.2, 0.25) is 0 Å². The van der Waals surface area contributed by atoms with Crippen LogP contribution in [0.3, 0.4) is 0 Å². The molecule has 5 heteroatoms. The normalized spacial score (nSPS) is 17.0. The van der Waals surface area contributed by atoms with E-state index in [2.05, 4.69) is 18.6 Å². The molecule has 2 rings (SSSR count). The highest BCUT2D eigenvalue weighted by Gasteiger charge is 2.51. The van der Waals surface area contributed by atoms with E-state index in [4.69, 9.17) is 0 Å². The molecule has 0 bridgehead atoms. The minimum absolute atomic E-state index is 0.406. The summed E-state index contributed by atoms with van der Waals surface area (Å²) in [7, 11) is -3.50. The summed E-state index contributed by atoms with van der Waals surface area (Å²) in [5.74, 6) is 0.181. The van der Waals surface area contributed by atoms with Crippen LogP contribution in [0.1, 0.15) is 37.8 Å². The molecule has 20 heavy (non-hydrogen) atoms. The first-order valence-electron chi connectivity index (χ1n) is 6.84. The Labute approximate surface area is 120 Å². The molecule has 1 fully saturated rings. The predicted octanol–water partition coefficient (Wildman–Crippen LogP) is 1.99. The average Bonchev–Trinajstić information content (AvgIpc) is 3.08. The molecule has 110 valence electrons. The zero-order chi connectivity index (χ0) is 15.0. The van der Waals surface area contributed by atoms with Gasteiger partial charge in [0.15, 0.2) is 0 Å². The van der Waals surface area contributed by atoms with Gasteiger partial charge >= 0.3 is 0 Å². The van der Waals surface area contributed by atoms with Gasteiger partial charge < -0.3 is 0 Å². The number of benzene rings is 1. The molecule has 4 nitrogen and oxygen atoms in total. The lowest BCUT2D eigenvalue weighted by Crippen LogP contribution is -2.38. The zero-order valence-corrected chi connectivity index (χ0v) is 13.0. The van der Waals surface area contributed by atoms with Gasteiger partial charge in [0.25, 0.3) is 0 Å². The third-order valence-corrected chi connectivity index (χ3v) is 4.17. The van der Waals surface area contributed by atoms with Crippen molar-refractivity contribution in [1.82, 2.24) is 4.72 Å². The summed E-state index contributed by atoms with van der Waals surface area (Å²) in [5, 5.41) is 0. The number of carbonyl (C=O) groups excluding carboxylic acids is 1. The first-order valence-corrected chi connectivity index (χ1v) is 8.74. The lowest BCUT2D eigenvalue weighted by Gasteiger charge is -2.15. The summed E-state index contributed by atoms with van der Waals surface area (Å²) in [4.78, 5) is 12.1. The van der Waals surface area contributed by atoms with Gasteiger partial charge in [0, 0.05) is 0 Å². The van der Waals surface area contributed by atoms with Crippen molar-refractivity contribution in [1.29, 1.82) is 0 Å². The van der Waals surface area contributed by atoms with Crippen LogP contribution in [0.5, 0.6) is 0 Å². The minimum Gasteiger partial charge on any atom is -0.273 e. The van der Waals surface area contributed by atoms with E-state index < -0.39 is 21.3 Å². The van der Waals surface area contributed by atoms with Gasteiger partial charge in [-0.05, 0) is 36.3 Å². The van der Waals surface area contributed by atoms with Gasteiger partial charge in [-0.25, -0.2) is 8.42 Å². The van der Waals surface area contributed by atoms with Gasteiger partial charge in [-0.15, -0.1) is 0 Å². The maximum Gasteiger partial charge on any atom is 0.244 e. The van der Waals surface area contributed by atoms with Crippen molar-refractivity contribution in [3.63, 3.8) is 0 Å². The Balaban J connectivity index is 2.16. The van der Waals surface area contributed by atoms with E-state index in [1.165, 1.54) is 5.56 Å². The molecule has 1 amide bonds. The number of hydrogen-bond acceptors (Lipinski definition) is 3. The van der Waals surface area contributed by atoms with Gasteiger partial charge in [-0.3, -0.25) is 9.52 Å². The molecule has 1 aromatic carbocycles. The molecule has 1 saturated carbocycles. The Hall–Kier alpha value is -1.36. The van der Waals surface area contributed by atoms with Crippen LogP contribution >= 0.6 is 0 Å². The number of nitrogens with one attached hydrogen (secondary N) is 1. The molecule has 1 aliphatic rings. The van der Waals surface area contributed by atoms with Gasteiger partial charge in [0.1, 0.15) is 0 Å². The molecule has 1 N–H and O–H groups in total. The Morgan fingerprint density at radius 1 is 1.25 bits per heavy atom. The molecule has 0 aliphatic heterocycles. The fourth-order valence-electron chi connectivity index (χ4n) is 2.47. The fourth-order valence-corrected chi connectivity index (χ4v) is 3.00. The smallest absolute Gasteiger partial charge is 0.244 e. The molecule has 1 aromatic rings. The van der Waals surface area contributed by atoms with Crippen molar-refractivity contribution >= 4 is 15.9 Å². The van der Waals surface area contributed by atoms with Crippen LogP contribution in [0.25, 0.3) is 0 Å². The molecule has 0 spiro atoms. The van der Waals surface area contributed by atoms with E-state index in [9.17, 15) is 13.2 Å². The second kappa shape index (κ2) is 5.20. The summed E-state index contributed by atoms with van der Waals surface area (Å²) in [5.41, 5.74) is 1.51. The first-order chi connectivity index (χ1) is 9.23. The zero-order valence-electron chi connectivity index (χ0n) is 12.1.